The van der Waals surface area contributed by atoms with Crippen LogP contribution in [-0.4, -0.2) is 54.8 Å². The standard InChI is InChI=1S/C25H28F2N2O4/c26-25(27)33-21-4-2-1-3-19(21)15-28-11-9-20(10-12-28)29(14-17-5-6-17)24(30)18-7-8-22-23(13-18)32-16-31-22/h1-4,7-8,13,17,20,25H,5-6,9-12,14-16H2. The number of ether oxygens (including phenoxy) is 3. The Kier molecular flexibility index (Phi) is 6.35. The lowest BCUT2D eigenvalue weighted by molar-refractivity contribution is -0.0508. The van der Waals surface area contributed by atoms with Crippen LogP contribution in [0.2, 0.25) is 0 Å². The highest BCUT2D eigenvalue weighted by molar-refractivity contribution is 5.95. The monoisotopic (exact) mass is 458 g/mol. The maximum Gasteiger partial charge on any atom is 0.387 e. The van der Waals surface area contributed by atoms with E-state index in [-0.39, 0.29) is 24.5 Å². The zero-order chi connectivity index (χ0) is 22.8. The lowest BCUT2D eigenvalue weighted by atomic mass is 10.0. The van der Waals surface area contributed by atoms with E-state index in [1.54, 1.807) is 24.3 Å². The molecule has 5 rings (SSSR count). The largest absolute Gasteiger partial charge is 0.454 e. The Labute approximate surface area is 192 Å². The van der Waals surface area contributed by atoms with Crippen LogP contribution in [0, 0.1) is 5.92 Å². The molecule has 8 heteroatoms. The molecular weight excluding hydrogens is 430 g/mol. The van der Waals surface area contributed by atoms with E-state index in [0.29, 0.717) is 29.5 Å². The Balaban J connectivity index is 1.24. The number of nitrogens with zero attached hydrogens (tertiary/aromatic N) is 2. The Morgan fingerprint density at radius 1 is 1.06 bits per heavy atom. The summed E-state index contributed by atoms with van der Waals surface area (Å²) in [6.45, 7) is 0.266. The van der Waals surface area contributed by atoms with Gasteiger partial charge in [0, 0.05) is 43.3 Å². The van der Waals surface area contributed by atoms with Crippen LogP contribution in [0.3, 0.4) is 0 Å². The molecule has 3 aliphatic rings. The number of carbonyl (C=O) groups is 1. The molecule has 0 unspecified atom stereocenters. The van der Waals surface area contributed by atoms with Crippen LogP contribution in [0.15, 0.2) is 42.5 Å². The molecule has 6 nitrogen and oxygen atoms in total. The minimum Gasteiger partial charge on any atom is -0.454 e. The van der Waals surface area contributed by atoms with Gasteiger partial charge in [-0.1, -0.05) is 18.2 Å². The molecule has 0 aromatic heterocycles. The normalized spacial score (nSPS) is 18.5. The molecule has 1 saturated carbocycles. The Morgan fingerprint density at radius 2 is 1.82 bits per heavy atom. The molecular formula is C25H28F2N2O4. The van der Waals surface area contributed by atoms with Crippen molar-refractivity contribution in [1.29, 1.82) is 0 Å². The molecule has 176 valence electrons. The first-order valence-electron chi connectivity index (χ1n) is 11.5. The van der Waals surface area contributed by atoms with Gasteiger partial charge < -0.3 is 19.1 Å². The van der Waals surface area contributed by atoms with Crippen LogP contribution in [0.1, 0.15) is 41.6 Å². The molecule has 2 aromatic carbocycles. The molecule has 1 saturated heterocycles. The third-order valence-electron chi connectivity index (χ3n) is 6.61. The topological polar surface area (TPSA) is 51.2 Å². The van der Waals surface area contributed by atoms with Crippen LogP contribution in [0.4, 0.5) is 8.78 Å². The number of carbonyl (C=O) groups excluding carboxylic acids is 1. The summed E-state index contributed by atoms with van der Waals surface area (Å²) in [6.07, 6.45) is 4.04. The fourth-order valence-corrected chi connectivity index (χ4v) is 4.65. The van der Waals surface area contributed by atoms with Gasteiger partial charge in [-0.25, -0.2) is 0 Å². The molecule has 0 radical (unpaired) electrons. The molecule has 2 aromatic rings. The van der Waals surface area contributed by atoms with Crippen molar-refractivity contribution in [2.24, 2.45) is 5.92 Å². The maximum absolute atomic E-state index is 13.5. The SMILES string of the molecule is O=C(c1ccc2c(c1)OCO2)N(CC1CC1)C1CCN(Cc2ccccc2OC(F)F)CC1. The van der Waals surface area contributed by atoms with Gasteiger partial charge in [0.25, 0.3) is 5.91 Å². The van der Waals surface area contributed by atoms with Gasteiger partial charge in [0.1, 0.15) is 5.75 Å². The Morgan fingerprint density at radius 3 is 2.58 bits per heavy atom. The van der Waals surface area contributed by atoms with Gasteiger partial charge in [0.05, 0.1) is 0 Å². The van der Waals surface area contributed by atoms with Crippen LogP contribution < -0.4 is 14.2 Å². The highest BCUT2D eigenvalue weighted by Crippen LogP contribution is 2.35. The van der Waals surface area contributed by atoms with Gasteiger partial charge in [0.15, 0.2) is 11.5 Å². The quantitative estimate of drug-likeness (QED) is 0.582. The van der Waals surface area contributed by atoms with Gasteiger partial charge in [-0.3, -0.25) is 9.69 Å². The highest BCUT2D eigenvalue weighted by atomic mass is 19.3. The highest BCUT2D eigenvalue weighted by Gasteiger charge is 2.34. The third-order valence-corrected chi connectivity index (χ3v) is 6.61. The van der Waals surface area contributed by atoms with Crippen molar-refractivity contribution < 1.29 is 27.8 Å². The molecule has 33 heavy (non-hydrogen) atoms. The van der Waals surface area contributed by atoms with Gasteiger partial charge in [-0.05, 0) is 55.9 Å². The van der Waals surface area contributed by atoms with Gasteiger partial charge in [-0.15, -0.1) is 0 Å². The Hall–Kier alpha value is -2.87. The van der Waals surface area contributed by atoms with Gasteiger partial charge in [0.2, 0.25) is 6.79 Å². The summed E-state index contributed by atoms with van der Waals surface area (Å²) in [4.78, 5) is 17.7. The summed E-state index contributed by atoms with van der Waals surface area (Å²) in [5.41, 5.74) is 1.38. The fraction of sp³-hybridized carbons (Fsp3) is 0.480. The fourth-order valence-electron chi connectivity index (χ4n) is 4.65. The summed E-state index contributed by atoms with van der Waals surface area (Å²) in [5, 5.41) is 0. The molecule has 2 fully saturated rings. The summed E-state index contributed by atoms with van der Waals surface area (Å²) in [5.74, 6) is 2.13. The molecule has 0 atom stereocenters. The van der Waals surface area contributed by atoms with Crippen molar-refractivity contribution in [3.8, 4) is 17.2 Å². The van der Waals surface area contributed by atoms with E-state index in [4.69, 9.17) is 9.47 Å². The van der Waals surface area contributed by atoms with Crippen molar-refractivity contribution in [1.82, 2.24) is 9.80 Å². The van der Waals surface area contributed by atoms with E-state index in [1.807, 2.05) is 23.1 Å². The second-order valence-electron chi connectivity index (χ2n) is 8.96. The number of para-hydroxylation sites is 1. The molecule has 0 N–H and O–H groups in total. The van der Waals surface area contributed by atoms with Crippen LogP contribution in [0.25, 0.3) is 0 Å². The van der Waals surface area contributed by atoms with E-state index in [0.717, 1.165) is 38.0 Å². The van der Waals surface area contributed by atoms with Crippen LogP contribution >= 0.6 is 0 Å². The number of benzene rings is 2. The van der Waals surface area contributed by atoms with E-state index in [9.17, 15) is 13.6 Å². The smallest absolute Gasteiger partial charge is 0.387 e. The molecule has 1 amide bonds. The molecule has 2 heterocycles. The minimum atomic E-state index is -2.84. The predicted octanol–water partition coefficient (Wildman–Crippen LogP) is 4.53. The van der Waals surface area contributed by atoms with Crippen molar-refractivity contribution >= 4 is 5.91 Å². The first kappa shape index (κ1) is 21.9. The first-order valence-corrected chi connectivity index (χ1v) is 11.5. The van der Waals surface area contributed by atoms with E-state index < -0.39 is 6.61 Å². The number of amides is 1. The van der Waals surface area contributed by atoms with E-state index in [2.05, 4.69) is 9.64 Å². The number of fused-ring (bicyclic) bond motifs is 1. The molecule has 0 spiro atoms. The predicted molar refractivity (Wildman–Crippen MR) is 118 cm³/mol. The van der Waals surface area contributed by atoms with E-state index in [1.165, 1.54) is 12.8 Å². The van der Waals surface area contributed by atoms with Crippen LogP contribution in [0.5, 0.6) is 17.2 Å². The first-order chi connectivity index (χ1) is 16.1. The molecule has 1 aliphatic carbocycles. The lowest BCUT2D eigenvalue weighted by Gasteiger charge is -2.39. The number of alkyl halides is 2. The van der Waals surface area contributed by atoms with Crippen molar-refractivity contribution in [3.05, 3.63) is 53.6 Å². The van der Waals surface area contributed by atoms with Crippen molar-refractivity contribution in [2.45, 2.75) is 44.9 Å². The second-order valence-corrected chi connectivity index (χ2v) is 8.96. The second kappa shape index (κ2) is 9.55. The minimum absolute atomic E-state index is 0.0364. The van der Waals surface area contributed by atoms with Gasteiger partial charge >= 0.3 is 6.61 Å². The molecule has 2 aliphatic heterocycles. The van der Waals surface area contributed by atoms with Crippen molar-refractivity contribution in [3.63, 3.8) is 0 Å². The van der Waals surface area contributed by atoms with Crippen LogP contribution in [-0.2, 0) is 6.54 Å². The zero-order valence-electron chi connectivity index (χ0n) is 18.4. The number of likely N-dealkylation sites (tertiary alicyclic amines) is 1. The molecule has 0 bridgehead atoms. The van der Waals surface area contributed by atoms with Crippen molar-refractivity contribution in [2.75, 3.05) is 26.4 Å². The van der Waals surface area contributed by atoms with E-state index >= 15 is 0 Å². The van der Waals surface area contributed by atoms with Gasteiger partial charge in [-0.2, -0.15) is 8.78 Å². The summed E-state index contributed by atoms with van der Waals surface area (Å²) in [7, 11) is 0. The lowest BCUT2D eigenvalue weighted by Crippen LogP contribution is -2.48. The number of hydrogen-bond acceptors (Lipinski definition) is 5. The average molecular weight is 459 g/mol. The summed E-state index contributed by atoms with van der Waals surface area (Å²) >= 11 is 0. The Bertz CT molecular complexity index is 990. The average Bonchev–Trinajstić information content (AvgIpc) is 3.52. The number of piperidine rings is 1. The number of halogens is 2. The number of hydrogen-bond donors (Lipinski definition) is 0. The zero-order valence-corrected chi connectivity index (χ0v) is 18.4. The third kappa shape index (κ3) is 5.21. The summed E-state index contributed by atoms with van der Waals surface area (Å²) < 4.78 is 41.0. The summed E-state index contributed by atoms with van der Waals surface area (Å²) in [6, 6.07) is 12.5. The number of rotatable bonds is 8. The maximum atomic E-state index is 13.5.